The molecule has 1 N–H and O–H groups in total. The minimum atomic E-state index is -4.44. The number of aryl methyl sites for hydroxylation is 2. The van der Waals surface area contributed by atoms with Crippen molar-refractivity contribution in [2.24, 2.45) is 7.05 Å². The Bertz CT molecular complexity index is 760. The van der Waals surface area contributed by atoms with Gasteiger partial charge in [0.15, 0.2) is 0 Å². The summed E-state index contributed by atoms with van der Waals surface area (Å²) in [5.41, 5.74) is 1.76. The maximum atomic E-state index is 12.6. The Morgan fingerprint density at radius 1 is 1.30 bits per heavy atom. The number of carbonyl (C=O) groups is 1. The first-order valence-corrected chi connectivity index (χ1v) is 6.85. The third-order valence-corrected chi connectivity index (χ3v) is 3.42. The van der Waals surface area contributed by atoms with Crippen molar-refractivity contribution in [3.8, 4) is 0 Å². The predicted molar refractivity (Wildman–Crippen MR) is 81.8 cm³/mol. The number of nitrogens with zero attached hydrogens (tertiary/aromatic N) is 2. The minimum Gasteiger partial charge on any atom is -0.322 e. The van der Waals surface area contributed by atoms with Gasteiger partial charge in [-0.25, -0.2) is 0 Å². The largest absolute Gasteiger partial charge is 0.416 e. The monoisotopic (exact) mass is 323 g/mol. The fraction of sp³-hybridized carbons (Fsp3) is 0.250. The summed E-state index contributed by atoms with van der Waals surface area (Å²) in [6.07, 6.45) is -1.57. The van der Waals surface area contributed by atoms with Crippen molar-refractivity contribution < 1.29 is 18.0 Å². The van der Waals surface area contributed by atoms with Crippen molar-refractivity contribution in [1.29, 1.82) is 0 Å². The Morgan fingerprint density at radius 2 is 2.00 bits per heavy atom. The van der Waals surface area contributed by atoms with E-state index >= 15 is 0 Å². The summed E-state index contributed by atoms with van der Waals surface area (Å²) < 4.78 is 39.6. The number of aromatic nitrogens is 2. The molecule has 2 rings (SSSR count). The maximum absolute atomic E-state index is 12.6. The van der Waals surface area contributed by atoms with Gasteiger partial charge in [-0.2, -0.15) is 18.3 Å². The van der Waals surface area contributed by atoms with Crippen LogP contribution in [0.1, 0.15) is 22.5 Å². The van der Waals surface area contributed by atoms with E-state index in [9.17, 15) is 18.0 Å². The van der Waals surface area contributed by atoms with E-state index in [0.29, 0.717) is 0 Å². The maximum Gasteiger partial charge on any atom is 0.416 e. The van der Waals surface area contributed by atoms with Crippen LogP contribution in [0.2, 0.25) is 0 Å². The molecule has 0 unspecified atom stereocenters. The first-order valence-electron chi connectivity index (χ1n) is 6.85. The number of hydrogen-bond acceptors (Lipinski definition) is 2. The SMILES string of the molecule is Cc1nn(C)c(C)c1/C=C/C(=O)Nc1cccc(C(F)(F)F)c1. The summed E-state index contributed by atoms with van der Waals surface area (Å²) in [4.78, 5) is 11.9. The summed E-state index contributed by atoms with van der Waals surface area (Å²) in [5.74, 6) is -0.507. The highest BCUT2D eigenvalue weighted by atomic mass is 19.4. The summed E-state index contributed by atoms with van der Waals surface area (Å²) in [6.45, 7) is 3.68. The van der Waals surface area contributed by atoms with Crippen molar-refractivity contribution in [2.75, 3.05) is 5.32 Å². The summed E-state index contributed by atoms with van der Waals surface area (Å²) in [6, 6.07) is 4.50. The van der Waals surface area contributed by atoms with Crippen LogP contribution in [-0.2, 0) is 18.0 Å². The van der Waals surface area contributed by atoms with Crippen LogP contribution in [0.3, 0.4) is 0 Å². The lowest BCUT2D eigenvalue weighted by Crippen LogP contribution is -2.10. The molecule has 0 spiro atoms. The molecule has 1 heterocycles. The molecule has 0 aliphatic carbocycles. The zero-order valence-electron chi connectivity index (χ0n) is 12.9. The molecule has 0 radical (unpaired) electrons. The van der Waals surface area contributed by atoms with E-state index in [1.54, 1.807) is 17.8 Å². The molecule has 0 saturated heterocycles. The second kappa shape index (κ2) is 6.28. The molecular formula is C16H16F3N3O. The number of anilines is 1. The van der Waals surface area contributed by atoms with E-state index < -0.39 is 17.6 Å². The summed E-state index contributed by atoms with van der Waals surface area (Å²) in [5, 5.41) is 6.64. The first-order chi connectivity index (χ1) is 10.7. The molecule has 2 aromatic rings. The van der Waals surface area contributed by atoms with Crippen molar-refractivity contribution in [3.05, 3.63) is 52.9 Å². The smallest absolute Gasteiger partial charge is 0.322 e. The highest BCUT2D eigenvalue weighted by molar-refractivity contribution is 6.02. The van der Waals surface area contributed by atoms with Crippen molar-refractivity contribution >= 4 is 17.7 Å². The van der Waals surface area contributed by atoms with Gasteiger partial charge in [0.25, 0.3) is 0 Å². The van der Waals surface area contributed by atoms with E-state index in [1.807, 2.05) is 13.8 Å². The van der Waals surface area contributed by atoms with Gasteiger partial charge in [0.05, 0.1) is 11.3 Å². The Kier molecular flexibility index (Phi) is 4.58. The quantitative estimate of drug-likeness (QED) is 0.875. The van der Waals surface area contributed by atoms with Crippen molar-refractivity contribution in [2.45, 2.75) is 20.0 Å². The number of halogens is 3. The number of carbonyl (C=O) groups excluding carboxylic acids is 1. The van der Waals surface area contributed by atoms with Crippen LogP contribution in [0.25, 0.3) is 6.08 Å². The van der Waals surface area contributed by atoms with Gasteiger partial charge < -0.3 is 5.32 Å². The summed E-state index contributed by atoms with van der Waals surface area (Å²) in [7, 11) is 1.79. The predicted octanol–water partition coefficient (Wildman–Crippen LogP) is 3.71. The minimum absolute atomic E-state index is 0.0918. The lowest BCUT2D eigenvalue weighted by atomic mass is 10.1. The molecule has 0 atom stereocenters. The molecular weight excluding hydrogens is 307 g/mol. The van der Waals surface area contributed by atoms with Gasteiger partial charge >= 0.3 is 6.18 Å². The summed E-state index contributed by atoms with van der Waals surface area (Å²) >= 11 is 0. The van der Waals surface area contributed by atoms with Crippen LogP contribution in [0.5, 0.6) is 0 Å². The Morgan fingerprint density at radius 3 is 2.57 bits per heavy atom. The Hall–Kier alpha value is -2.57. The van der Waals surface area contributed by atoms with Gasteiger partial charge in [-0.3, -0.25) is 9.48 Å². The second-order valence-corrected chi connectivity index (χ2v) is 5.11. The number of amides is 1. The van der Waals surface area contributed by atoms with Crippen LogP contribution in [0.4, 0.5) is 18.9 Å². The number of benzene rings is 1. The van der Waals surface area contributed by atoms with Crippen molar-refractivity contribution in [1.82, 2.24) is 9.78 Å². The van der Waals surface area contributed by atoms with Gasteiger partial charge in [-0.1, -0.05) is 6.07 Å². The number of rotatable bonds is 3. The van der Waals surface area contributed by atoms with Crippen molar-refractivity contribution in [3.63, 3.8) is 0 Å². The molecule has 7 heteroatoms. The lowest BCUT2D eigenvalue weighted by Gasteiger charge is -2.08. The van der Waals surface area contributed by atoms with E-state index in [2.05, 4.69) is 10.4 Å². The highest BCUT2D eigenvalue weighted by Crippen LogP contribution is 2.30. The second-order valence-electron chi connectivity index (χ2n) is 5.11. The molecule has 23 heavy (non-hydrogen) atoms. The fourth-order valence-electron chi connectivity index (χ4n) is 2.15. The average Bonchev–Trinajstić information content (AvgIpc) is 2.69. The van der Waals surface area contributed by atoms with Crippen LogP contribution in [0.15, 0.2) is 30.3 Å². The zero-order valence-corrected chi connectivity index (χ0v) is 12.9. The molecule has 1 aromatic carbocycles. The molecule has 0 aliphatic heterocycles. The molecule has 0 bridgehead atoms. The van der Waals surface area contributed by atoms with Crippen LogP contribution in [0, 0.1) is 13.8 Å². The fourth-order valence-corrected chi connectivity index (χ4v) is 2.15. The Labute approximate surface area is 131 Å². The molecule has 122 valence electrons. The van der Waals surface area contributed by atoms with Crippen LogP contribution in [-0.4, -0.2) is 15.7 Å². The van der Waals surface area contributed by atoms with E-state index in [0.717, 1.165) is 29.1 Å². The van der Waals surface area contributed by atoms with E-state index in [1.165, 1.54) is 18.2 Å². The Balaban J connectivity index is 2.12. The zero-order chi connectivity index (χ0) is 17.2. The standard InChI is InChI=1S/C16H16F3N3O/c1-10-14(11(2)22(3)21-10)7-8-15(23)20-13-6-4-5-12(9-13)16(17,18)19/h4-9H,1-3H3,(H,20,23)/b8-7+. The highest BCUT2D eigenvalue weighted by Gasteiger charge is 2.30. The third-order valence-electron chi connectivity index (χ3n) is 3.42. The van der Waals surface area contributed by atoms with E-state index in [-0.39, 0.29) is 5.69 Å². The van der Waals surface area contributed by atoms with Crippen LogP contribution >= 0.6 is 0 Å². The van der Waals surface area contributed by atoms with E-state index in [4.69, 9.17) is 0 Å². The molecule has 0 fully saturated rings. The number of nitrogens with one attached hydrogen (secondary N) is 1. The molecule has 4 nitrogen and oxygen atoms in total. The molecule has 0 aliphatic rings. The lowest BCUT2D eigenvalue weighted by molar-refractivity contribution is -0.137. The molecule has 0 saturated carbocycles. The van der Waals surface area contributed by atoms with Gasteiger partial charge in [-0.05, 0) is 38.1 Å². The molecule has 1 aromatic heterocycles. The number of hydrogen-bond donors (Lipinski definition) is 1. The topological polar surface area (TPSA) is 46.9 Å². The van der Waals surface area contributed by atoms with Gasteiger partial charge in [0.1, 0.15) is 0 Å². The number of alkyl halides is 3. The first kappa shape index (κ1) is 16.8. The normalized spacial score (nSPS) is 11.9. The van der Waals surface area contributed by atoms with Crippen LogP contribution < -0.4 is 5.32 Å². The third kappa shape index (κ3) is 4.00. The van der Waals surface area contributed by atoms with Gasteiger partial charge in [0, 0.05) is 30.1 Å². The molecule has 1 amide bonds. The van der Waals surface area contributed by atoms with Gasteiger partial charge in [-0.15, -0.1) is 0 Å². The average molecular weight is 323 g/mol. The van der Waals surface area contributed by atoms with Gasteiger partial charge in [0.2, 0.25) is 5.91 Å².